The van der Waals surface area contributed by atoms with Crippen molar-refractivity contribution < 1.29 is 4.39 Å². The Bertz CT molecular complexity index is 514. The van der Waals surface area contributed by atoms with Crippen molar-refractivity contribution in [1.82, 2.24) is 9.97 Å². The van der Waals surface area contributed by atoms with Crippen molar-refractivity contribution in [2.75, 3.05) is 5.32 Å². The summed E-state index contributed by atoms with van der Waals surface area (Å²) in [7, 11) is 0. The van der Waals surface area contributed by atoms with E-state index in [2.05, 4.69) is 15.3 Å². The zero-order valence-electron chi connectivity index (χ0n) is 9.81. The maximum absolute atomic E-state index is 13.5. The van der Waals surface area contributed by atoms with E-state index in [0.717, 1.165) is 11.4 Å². The molecule has 1 aromatic heterocycles. The fourth-order valence-corrected chi connectivity index (χ4v) is 1.72. The molecular formula is C13H14FN3. The molecule has 2 aromatic rings. The number of hydrogen-bond donors (Lipinski definition) is 1. The van der Waals surface area contributed by atoms with Crippen molar-refractivity contribution in [1.29, 1.82) is 0 Å². The first-order valence-corrected chi connectivity index (χ1v) is 5.47. The zero-order valence-corrected chi connectivity index (χ0v) is 9.81. The summed E-state index contributed by atoms with van der Waals surface area (Å²) in [5.41, 5.74) is 2.16. The van der Waals surface area contributed by atoms with Gasteiger partial charge in [-0.15, -0.1) is 0 Å². The van der Waals surface area contributed by atoms with Crippen LogP contribution >= 0.6 is 0 Å². The van der Waals surface area contributed by atoms with Crippen LogP contribution in [-0.2, 0) is 0 Å². The summed E-state index contributed by atoms with van der Waals surface area (Å²) in [6, 6.07) is 6.51. The summed E-state index contributed by atoms with van der Waals surface area (Å²) < 4.78 is 13.5. The average molecular weight is 231 g/mol. The Hall–Kier alpha value is -1.97. The standard InChI is InChI=1S/C13H14FN3/c1-9-13(16-8-7-15-9)10(2)17-12-6-4-3-5-11(12)14/h3-8,10,17H,1-2H3. The van der Waals surface area contributed by atoms with E-state index in [9.17, 15) is 4.39 Å². The van der Waals surface area contributed by atoms with Crippen LogP contribution in [-0.4, -0.2) is 9.97 Å². The van der Waals surface area contributed by atoms with E-state index in [4.69, 9.17) is 0 Å². The van der Waals surface area contributed by atoms with E-state index >= 15 is 0 Å². The molecule has 0 aliphatic rings. The van der Waals surface area contributed by atoms with E-state index in [1.165, 1.54) is 6.07 Å². The van der Waals surface area contributed by atoms with Gasteiger partial charge in [-0.25, -0.2) is 4.39 Å². The first kappa shape index (κ1) is 11.5. The summed E-state index contributed by atoms with van der Waals surface area (Å²) in [5.74, 6) is -0.263. The van der Waals surface area contributed by atoms with Gasteiger partial charge < -0.3 is 5.32 Å². The number of halogens is 1. The lowest BCUT2D eigenvalue weighted by molar-refractivity contribution is 0.626. The molecular weight excluding hydrogens is 217 g/mol. The molecule has 0 saturated carbocycles. The fraction of sp³-hybridized carbons (Fsp3) is 0.231. The lowest BCUT2D eigenvalue weighted by Crippen LogP contribution is -2.11. The van der Waals surface area contributed by atoms with Gasteiger partial charge in [0.2, 0.25) is 0 Å². The third-order valence-corrected chi connectivity index (χ3v) is 2.58. The van der Waals surface area contributed by atoms with Gasteiger partial charge in [-0.3, -0.25) is 9.97 Å². The number of nitrogens with zero attached hydrogens (tertiary/aromatic N) is 2. The number of benzene rings is 1. The Morgan fingerprint density at radius 1 is 1.18 bits per heavy atom. The Kier molecular flexibility index (Phi) is 3.32. The second-order valence-electron chi connectivity index (χ2n) is 3.87. The summed E-state index contributed by atoms with van der Waals surface area (Å²) in [6.07, 6.45) is 3.29. The van der Waals surface area contributed by atoms with Crippen molar-refractivity contribution in [2.45, 2.75) is 19.9 Å². The van der Waals surface area contributed by atoms with Gasteiger partial charge in [0.1, 0.15) is 5.82 Å². The van der Waals surface area contributed by atoms with Gasteiger partial charge in [-0.05, 0) is 26.0 Å². The van der Waals surface area contributed by atoms with Crippen molar-refractivity contribution >= 4 is 5.69 Å². The summed E-state index contributed by atoms with van der Waals surface area (Å²) in [4.78, 5) is 8.42. The first-order chi connectivity index (χ1) is 8.18. The molecule has 0 radical (unpaired) electrons. The molecule has 17 heavy (non-hydrogen) atoms. The molecule has 0 saturated heterocycles. The van der Waals surface area contributed by atoms with Gasteiger partial charge >= 0.3 is 0 Å². The molecule has 1 atom stereocenters. The Labute approximate surface area is 99.7 Å². The van der Waals surface area contributed by atoms with Crippen molar-refractivity contribution in [3.63, 3.8) is 0 Å². The fourth-order valence-electron chi connectivity index (χ4n) is 1.72. The molecule has 88 valence electrons. The van der Waals surface area contributed by atoms with E-state index in [0.29, 0.717) is 5.69 Å². The van der Waals surface area contributed by atoms with Crippen LogP contribution in [0.1, 0.15) is 24.4 Å². The second kappa shape index (κ2) is 4.91. The quantitative estimate of drug-likeness (QED) is 0.882. The van der Waals surface area contributed by atoms with Gasteiger partial charge in [-0.1, -0.05) is 12.1 Å². The number of aryl methyl sites for hydroxylation is 1. The van der Waals surface area contributed by atoms with Gasteiger partial charge in [0.05, 0.1) is 23.1 Å². The highest BCUT2D eigenvalue weighted by Gasteiger charge is 2.11. The molecule has 1 aromatic carbocycles. The molecule has 0 fully saturated rings. The van der Waals surface area contributed by atoms with Crippen LogP contribution in [0, 0.1) is 12.7 Å². The van der Waals surface area contributed by atoms with Crippen LogP contribution in [0.15, 0.2) is 36.7 Å². The minimum Gasteiger partial charge on any atom is -0.375 e. The zero-order chi connectivity index (χ0) is 12.3. The molecule has 1 heterocycles. The minimum absolute atomic E-state index is 0.0828. The predicted octanol–water partition coefficient (Wildman–Crippen LogP) is 3.10. The molecule has 3 nitrogen and oxygen atoms in total. The van der Waals surface area contributed by atoms with Crippen LogP contribution in [0.4, 0.5) is 10.1 Å². The van der Waals surface area contributed by atoms with Gasteiger partial charge in [0.25, 0.3) is 0 Å². The van der Waals surface area contributed by atoms with Crippen LogP contribution in [0.5, 0.6) is 0 Å². The lowest BCUT2D eigenvalue weighted by Gasteiger charge is -2.16. The van der Waals surface area contributed by atoms with E-state index < -0.39 is 0 Å². The molecule has 0 aliphatic carbocycles. The highest BCUT2D eigenvalue weighted by atomic mass is 19.1. The smallest absolute Gasteiger partial charge is 0.146 e. The van der Waals surface area contributed by atoms with E-state index in [1.807, 2.05) is 13.8 Å². The van der Waals surface area contributed by atoms with Gasteiger partial charge in [-0.2, -0.15) is 0 Å². The Morgan fingerprint density at radius 3 is 2.59 bits per heavy atom. The van der Waals surface area contributed by atoms with Crippen LogP contribution in [0.3, 0.4) is 0 Å². The predicted molar refractivity (Wildman–Crippen MR) is 65.2 cm³/mol. The average Bonchev–Trinajstić information content (AvgIpc) is 2.32. The molecule has 4 heteroatoms. The molecule has 0 spiro atoms. The summed E-state index contributed by atoms with van der Waals surface area (Å²) >= 11 is 0. The van der Waals surface area contributed by atoms with E-state index in [1.54, 1.807) is 30.6 Å². The molecule has 1 N–H and O–H groups in total. The minimum atomic E-state index is -0.263. The largest absolute Gasteiger partial charge is 0.375 e. The molecule has 2 rings (SSSR count). The van der Waals surface area contributed by atoms with Crippen molar-refractivity contribution in [3.05, 3.63) is 53.9 Å². The lowest BCUT2D eigenvalue weighted by atomic mass is 10.1. The van der Waals surface area contributed by atoms with Gasteiger partial charge in [0, 0.05) is 12.4 Å². The third kappa shape index (κ3) is 2.58. The number of hydrogen-bond acceptors (Lipinski definition) is 3. The number of anilines is 1. The maximum atomic E-state index is 13.5. The van der Waals surface area contributed by atoms with Crippen LogP contribution in [0.25, 0.3) is 0 Å². The molecule has 0 amide bonds. The number of nitrogens with one attached hydrogen (secondary N) is 1. The topological polar surface area (TPSA) is 37.8 Å². The SMILES string of the molecule is Cc1nccnc1C(C)Nc1ccccc1F. The Morgan fingerprint density at radius 2 is 1.88 bits per heavy atom. The normalized spacial score (nSPS) is 12.2. The van der Waals surface area contributed by atoms with E-state index in [-0.39, 0.29) is 11.9 Å². The van der Waals surface area contributed by atoms with Gasteiger partial charge in [0.15, 0.2) is 0 Å². The maximum Gasteiger partial charge on any atom is 0.146 e. The van der Waals surface area contributed by atoms with Crippen LogP contribution in [0.2, 0.25) is 0 Å². The molecule has 1 unspecified atom stereocenters. The monoisotopic (exact) mass is 231 g/mol. The Balaban J connectivity index is 2.20. The third-order valence-electron chi connectivity index (χ3n) is 2.58. The highest BCUT2D eigenvalue weighted by molar-refractivity contribution is 5.46. The van der Waals surface area contributed by atoms with Crippen molar-refractivity contribution in [2.24, 2.45) is 0 Å². The molecule has 0 aliphatic heterocycles. The second-order valence-corrected chi connectivity index (χ2v) is 3.87. The number of aromatic nitrogens is 2. The van der Waals surface area contributed by atoms with Crippen molar-refractivity contribution in [3.8, 4) is 0 Å². The number of rotatable bonds is 3. The number of para-hydroxylation sites is 1. The molecule has 0 bridgehead atoms. The highest BCUT2D eigenvalue weighted by Crippen LogP contribution is 2.21. The first-order valence-electron chi connectivity index (χ1n) is 5.47. The summed E-state index contributed by atoms with van der Waals surface area (Å²) in [5, 5.41) is 3.09. The summed E-state index contributed by atoms with van der Waals surface area (Å²) in [6.45, 7) is 3.82. The van der Waals surface area contributed by atoms with Crippen LogP contribution < -0.4 is 5.32 Å².